The van der Waals surface area contributed by atoms with Crippen LogP contribution < -0.4 is 0 Å². The van der Waals surface area contributed by atoms with Crippen LogP contribution in [0.2, 0.25) is 5.82 Å². The minimum absolute atomic E-state index is 0.0691. The minimum atomic E-state index is -0.210. The molecule has 2 nitrogen and oxygen atoms in total. The Labute approximate surface area is 105 Å². The van der Waals surface area contributed by atoms with Crippen LogP contribution in [0.25, 0.3) is 0 Å². The summed E-state index contributed by atoms with van der Waals surface area (Å²) in [6, 6.07) is 0. The van der Waals surface area contributed by atoms with Gasteiger partial charge in [-0.1, -0.05) is 19.8 Å². The Kier molecular flexibility index (Phi) is 4.73. The van der Waals surface area contributed by atoms with Gasteiger partial charge in [0.25, 0.3) is 0 Å². The molecule has 0 spiro atoms. The molecule has 0 radical (unpaired) electrons. The number of hydrogen-bond donors (Lipinski definition) is 0. The molecule has 1 heterocycles. The van der Waals surface area contributed by atoms with E-state index in [-0.39, 0.29) is 18.3 Å². The van der Waals surface area contributed by atoms with Gasteiger partial charge in [0.1, 0.15) is 0 Å². The monoisotopic (exact) mass is 246 g/mol. The van der Waals surface area contributed by atoms with E-state index in [9.17, 15) is 0 Å². The number of unbranched alkanes of at least 4 members (excludes halogenated alkanes) is 1. The molecule has 0 saturated carbocycles. The summed E-state index contributed by atoms with van der Waals surface area (Å²) >= 11 is 5.67. The van der Waals surface area contributed by atoms with Gasteiger partial charge in [-0.25, -0.2) is 0 Å². The molecule has 0 unspecified atom stereocenters. The van der Waals surface area contributed by atoms with Crippen molar-refractivity contribution >= 4 is 18.7 Å². The Morgan fingerprint density at radius 3 is 2.00 bits per heavy atom. The van der Waals surface area contributed by atoms with E-state index in [1.807, 2.05) is 0 Å². The average Bonchev–Trinajstić information content (AvgIpc) is 2.36. The first-order valence-corrected chi connectivity index (χ1v) is 6.75. The second kappa shape index (κ2) is 5.28. The SMILES string of the molecule is C[C@H](CCCCCl)B1OC(C)(C)C(C)(C)O1. The van der Waals surface area contributed by atoms with Gasteiger partial charge in [0, 0.05) is 5.88 Å². The second-order valence-corrected chi connectivity index (χ2v) is 6.16. The molecule has 0 aromatic rings. The maximum Gasteiger partial charge on any atom is 0.460 e. The molecule has 0 aromatic carbocycles. The van der Waals surface area contributed by atoms with E-state index in [1.54, 1.807) is 0 Å². The van der Waals surface area contributed by atoms with Crippen LogP contribution in [0.1, 0.15) is 53.9 Å². The van der Waals surface area contributed by atoms with Gasteiger partial charge >= 0.3 is 7.12 Å². The van der Waals surface area contributed by atoms with Crippen LogP contribution in [-0.4, -0.2) is 24.2 Å². The maximum absolute atomic E-state index is 6.00. The molecule has 1 atom stereocenters. The second-order valence-electron chi connectivity index (χ2n) is 5.79. The van der Waals surface area contributed by atoms with E-state index >= 15 is 0 Å². The van der Waals surface area contributed by atoms with Crippen molar-refractivity contribution in [2.75, 3.05) is 5.88 Å². The number of rotatable bonds is 5. The fourth-order valence-corrected chi connectivity index (χ4v) is 2.01. The van der Waals surface area contributed by atoms with E-state index in [0.717, 1.165) is 25.1 Å². The van der Waals surface area contributed by atoms with Crippen molar-refractivity contribution in [3.05, 3.63) is 0 Å². The van der Waals surface area contributed by atoms with Crippen molar-refractivity contribution in [1.82, 2.24) is 0 Å². The Bertz CT molecular complexity index is 215. The number of halogens is 1. The normalized spacial score (nSPS) is 24.8. The lowest BCUT2D eigenvalue weighted by Crippen LogP contribution is -2.41. The van der Waals surface area contributed by atoms with Crippen molar-refractivity contribution in [2.45, 2.75) is 70.9 Å². The fourth-order valence-electron chi connectivity index (χ4n) is 1.82. The summed E-state index contributed by atoms with van der Waals surface area (Å²) in [4.78, 5) is 0. The van der Waals surface area contributed by atoms with E-state index in [2.05, 4.69) is 34.6 Å². The zero-order valence-electron chi connectivity index (χ0n) is 11.2. The summed E-state index contributed by atoms with van der Waals surface area (Å²) < 4.78 is 12.0. The molecule has 0 bridgehead atoms. The van der Waals surface area contributed by atoms with Gasteiger partial charge in [0.05, 0.1) is 11.2 Å². The van der Waals surface area contributed by atoms with Gasteiger partial charge in [-0.15, -0.1) is 11.6 Å². The molecule has 94 valence electrons. The summed E-state index contributed by atoms with van der Waals surface area (Å²) in [7, 11) is -0.0691. The van der Waals surface area contributed by atoms with Gasteiger partial charge < -0.3 is 9.31 Å². The molecule has 1 saturated heterocycles. The molecule has 16 heavy (non-hydrogen) atoms. The Hall–Kier alpha value is 0.275. The molecule has 1 aliphatic heterocycles. The number of hydrogen-bond acceptors (Lipinski definition) is 2. The summed E-state index contributed by atoms with van der Waals surface area (Å²) in [5.41, 5.74) is -0.420. The third kappa shape index (κ3) is 3.15. The highest BCUT2D eigenvalue weighted by Gasteiger charge is 2.52. The highest BCUT2D eigenvalue weighted by molar-refractivity contribution is 6.47. The van der Waals surface area contributed by atoms with Crippen molar-refractivity contribution in [2.24, 2.45) is 0 Å². The third-order valence-corrected chi connectivity index (χ3v) is 4.05. The summed E-state index contributed by atoms with van der Waals surface area (Å²) in [5.74, 6) is 1.18. The van der Waals surface area contributed by atoms with Gasteiger partial charge in [-0.05, 0) is 39.9 Å². The Balaban J connectivity index is 2.46. The fraction of sp³-hybridized carbons (Fsp3) is 1.00. The van der Waals surface area contributed by atoms with Crippen molar-refractivity contribution < 1.29 is 9.31 Å². The topological polar surface area (TPSA) is 18.5 Å². The maximum atomic E-state index is 6.00. The first-order chi connectivity index (χ1) is 7.30. The van der Waals surface area contributed by atoms with Crippen LogP contribution in [0.3, 0.4) is 0 Å². The largest absolute Gasteiger partial charge is 0.460 e. The predicted molar refractivity (Wildman–Crippen MR) is 70.1 cm³/mol. The Morgan fingerprint density at radius 2 is 1.56 bits per heavy atom. The smallest absolute Gasteiger partial charge is 0.403 e. The van der Waals surface area contributed by atoms with Crippen LogP contribution in [0, 0.1) is 0 Å². The predicted octanol–water partition coefficient (Wildman–Crippen LogP) is 3.88. The molecule has 0 aliphatic carbocycles. The Morgan fingerprint density at radius 1 is 1.06 bits per heavy atom. The van der Waals surface area contributed by atoms with Crippen molar-refractivity contribution in [1.29, 1.82) is 0 Å². The quantitative estimate of drug-likeness (QED) is 0.416. The first-order valence-electron chi connectivity index (χ1n) is 6.22. The molecule has 1 aliphatic rings. The summed E-state index contributed by atoms with van der Waals surface area (Å²) in [5, 5.41) is 0. The molecule has 1 fully saturated rings. The molecule has 0 amide bonds. The lowest BCUT2D eigenvalue weighted by Gasteiger charge is -2.32. The zero-order chi connectivity index (χ0) is 12.4. The average molecular weight is 247 g/mol. The molecule has 4 heteroatoms. The van der Waals surface area contributed by atoms with Crippen molar-refractivity contribution in [3.8, 4) is 0 Å². The van der Waals surface area contributed by atoms with Crippen molar-refractivity contribution in [3.63, 3.8) is 0 Å². The molecule has 0 aromatic heterocycles. The summed E-state index contributed by atoms with van der Waals surface area (Å²) in [6.45, 7) is 10.6. The molecule has 0 N–H and O–H groups in total. The van der Waals surface area contributed by atoms with E-state index < -0.39 is 0 Å². The highest BCUT2D eigenvalue weighted by atomic mass is 35.5. The highest BCUT2D eigenvalue weighted by Crippen LogP contribution is 2.40. The number of alkyl halides is 1. The molecule has 1 rings (SSSR count). The van der Waals surface area contributed by atoms with Crippen LogP contribution >= 0.6 is 11.6 Å². The standard InChI is InChI=1S/C12H24BClO2/c1-10(8-6-7-9-14)13-15-11(2,3)12(4,5)16-13/h10H,6-9H2,1-5H3/t10-/m1/s1. The van der Waals surface area contributed by atoms with E-state index in [0.29, 0.717) is 5.82 Å². The van der Waals surface area contributed by atoms with Gasteiger partial charge in [-0.3, -0.25) is 0 Å². The summed E-state index contributed by atoms with van der Waals surface area (Å²) in [6.07, 6.45) is 3.34. The van der Waals surface area contributed by atoms with Gasteiger partial charge in [0.15, 0.2) is 0 Å². The lowest BCUT2D eigenvalue weighted by atomic mass is 9.70. The van der Waals surface area contributed by atoms with Crippen LogP contribution in [0.4, 0.5) is 0 Å². The third-order valence-electron chi connectivity index (χ3n) is 3.78. The molecular formula is C12H24BClO2. The zero-order valence-corrected chi connectivity index (χ0v) is 11.9. The van der Waals surface area contributed by atoms with Gasteiger partial charge in [-0.2, -0.15) is 0 Å². The molecular weight excluding hydrogens is 222 g/mol. The van der Waals surface area contributed by atoms with Crippen LogP contribution in [0.5, 0.6) is 0 Å². The van der Waals surface area contributed by atoms with Crippen LogP contribution in [-0.2, 0) is 9.31 Å². The van der Waals surface area contributed by atoms with E-state index in [1.165, 1.54) is 0 Å². The van der Waals surface area contributed by atoms with Gasteiger partial charge in [0.2, 0.25) is 0 Å². The van der Waals surface area contributed by atoms with Crippen LogP contribution in [0.15, 0.2) is 0 Å². The first kappa shape index (κ1) is 14.3. The minimum Gasteiger partial charge on any atom is -0.403 e. The lowest BCUT2D eigenvalue weighted by molar-refractivity contribution is 0.00578. The van der Waals surface area contributed by atoms with E-state index in [4.69, 9.17) is 20.9 Å².